The molecule has 1 aromatic rings. The molecule has 0 aliphatic carbocycles. The molecule has 3 amide bonds. The first kappa shape index (κ1) is 26.1. The van der Waals surface area contributed by atoms with E-state index in [0.717, 1.165) is 16.7 Å². The maximum Gasteiger partial charge on any atom is 0.442 e. The van der Waals surface area contributed by atoms with Gasteiger partial charge in [-0.3, -0.25) is 19.3 Å². The van der Waals surface area contributed by atoms with E-state index in [1.165, 1.54) is 16.4 Å². The number of thioether (sulfide) groups is 3. The number of primary amides is 1. The molecule has 2 aliphatic rings. The summed E-state index contributed by atoms with van der Waals surface area (Å²) in [6.07, 6.45) is 0.575. The van der Waals surface area contributed by atoms with Crippen LogP contribution in [-0.2, 0) is 25.7 Å². The number of halogens is 3. The fourth-order valence-electron chi connectivity index (χ4n) is 3.15. The van der Waals surface area contributed by atoms with Gasteiger partial charge in [-0.25, -0.2) is 9.48 Å². The van der Waals surface area contributed by atoms with E-state index in [4.69, 9.17) is 5.73 Å². The van der Waals surface area contributed by atoms with E-state index in [2.05, 4.69) is 20.8 Å². The van der Waals surface area contributed by atoms with E-state index in [1.807, 2.05) is 0 Å². The van der Waals surface area contributed by atoms with Crippen molar-refractivity contribution in [2.45, 2.75) is 41.5 Å². The summed E-state index contributed by atoms with van der Waals surface area (Å²) in [6.45, 7) is 0.332. The zero-order valence-electron chi connectivity index (χ0n) is 17.1. The van der Waals surface area contributed by atoms with Crippen LogP contribution < -0.4 is 11.1 Å². The first-order valence-electron chi connectivity index (χ1n) is 9.55. The van der Waals surface area contributed by atoms with Crippen molar-refractivity contribution in [3.63, 3.8) is 0 Å². The third-order valence-electron chi connectivity index (χ3n) is 4.60. The summed E-state index contributed by atoms with van der Waals surface area (Å²) in [4.78, 5) is 48.1. The van der Waals surface area contributed by atoms with Crippen molar-refractivity contribution in [1.29, 1.82) is 0 Å². The summed E-state index contributed by atoms with van der Waals surface area (Å²) in [6, 6.07) is -1.10. The summed E-state index contributed by atoms with van der Waals surface area (Å²) in [7, 11) is 0. The number of carboxylic acid groups (broad SMARTS) is 1. The van der Waals surface area contributed by atoms with Gasteiger partial charge in [0, 0.05) is 24.5 Å². The van der Waals surface area contributed by atoms with Gasteiger partial charge in [0.2, 0.25) is 17.0 Å². The van der Waals surface area contributed by atoms with Crippen LogP contribution in [0.1, 0.15) is 12.8 Å². The number of carbonyl (C=O) groups is 4. The third-order valence-corrected chi connectivity index (χ3v) is 7.72. The maximum absolute atomic E-state index is 12.5. The minimum atomic E-state index is -4.58. The van der Waals surface area contributed by atoms with E-state index >= 15 is 0 Å². The van der Waals surface area contributed by atoms with Crippen LogP contribution >= 0.6 is 35.3 Å². The molecule has 0 spiro atoms. The van der Waals surface area contributed by atoms with Gasteiger partial charge in [0.15, 0.2) is 0 Å². The molecule has 0 saturated carbocycles. The van der Waals surface area contributed by atoms with E-state index < -0.39 is 58.1 Å². The number of rotatable bonds is 11. The van der Waals surface area contributed by atoms with E-state index in [-0.39, 0.29) is 23.6 Å². The molecule has 0 radical (unpaired) electrons. The number of β-lactam (4-membered cyclic amide) rings is 1. The Morgan fingerprint density at radius 2 is 2.06 bits per heavy atom. The highest BCUT2D eigenvalue weighted by molar-refractivity contribution is 8.01. The number of amides is 3. The van der Waals surface area contributed by atoms with Crippen molar-refractivity contribution < 1.29 is 37.5 Å². The minimum absolute atomic E-state index is 0.153. The number of carbonyl (C=O) groups excluding carboxylic acids is 3. The lowest BCUT2D eigenvalue weighted by atomic mass is 10.0. The lowest BCUT2D eigenvalue weighted by Gasteiger charge is -2.49. The molecule has 2 atom stereocenters. The number of carboxylic acids is 1. The number of nitrogens with two attached hydrogens (primary N) is 1. The Labute approximate surface area is 202 Å². The van der Waals surface area contributed by atoms with Crippen molar-refractivity contribution in [2.24, 2.45) is 5.73 Å². The van der Waals surface area contributed by atoms with Gasteiger partial charge in [0.25, 0.3) is 5.91 Å². The van der Waals surface area contributed by atoms with Gasteiger partial charge in [-0.15, -0.1) is 16.9 Å². The molecular weight excluding hydrogens is 523 g/mol. The Balaban J connectivity index is 1.63. The van der Waals surface area contributed by atoms with Crippen LogP contribution in [0.5, 0.6) is 0 Å². The number of nitrogens with one attached hydrogen (secondary N) is 1. The molecule has 3 heterocycles. The Kier molecular flexibility index (Phi) is 8.34. The summed E-state index contributed by atoms with van der Waals surface area (Å²) in [5.41, 5.74) is 0.720. The number of fused-ring (bicyclic) bond motifs is 1. The van der Waals surface area contributed by atoms with Gasteiger partial charge < -0.3 is 16.2 Å². The predicted molar refractivity (Wildman–Crippen MR) is 115 cm³/mol. The summed E-state index contributed by atoms with van der Waals surface area (Å²) in [5.74, 6) is -4.00. The highest BCUT2D eigenvalue weighted by atomic mass is 32.2. The molecule has 2 aliphatic heterocycles. The van der Waals surface area contributed by atoms with Crippen LogP contribution in [0.2, 0.25) is 0 Å². The third kappa shape index (κ3) is 6.35. The molecule has 1 unspecified atom stereocenters. The number of aryl methyl sites for hydroxylation is 1. The van der Waals surface area contributed by atoms with Crippen molar-refractivity contribution in [3.8, 4) is 0 Å². The van der Waals surface area contributed by atoms with Crippen molar-refractivity contribution in [2.75, 3.05) is 17.3 Å². The standard InChI is InChI=1S/C16H18F3N7O5S3/c17-16(18,19)34-6-9(28)21-10-12(29)26-11(14(30)31)7(4-32-13(10)26)5-33-15-22-23-24-25(15)3-1-2-8(20)27/h10,13H,1-6H2,(H2,20,27)(H,21,28)(H,30,31)/t10?,13-/m1/s1. The topological polar surface area (TPSA) is 173 Å². The molecule has 4 N–H and O–H groups in total. The molecule has 3 rings (SSSR count). The van der Waals surface area contributed by atoms with Crippen LogP contribution in [0.25, 0.3) is 0 Å². The van der Waals surface area contributed by atoms with Crippen molar-refractivity contribution in [1.82, 2.24) is 30.4 Å². The smallest absolute Gasteiger partial charge is 0.442 e. The Morgan fingerprint density at radius 3 is 2.71 bits per heavy atom. The lowest BCUT2D eigenvalue weighted by molar-refractivity contribution is -0.150. The van der Waals surface area contributed by atoms with Gasteiger partial charge in [-0.05, 0) is 34.2 Å². The van der Waals surface area contributed by atoms with Crippen LogP contribution in [0.3, 0.4) is 0 Å². The summed E-state index contributed by atoms with van der Waals surface area (Å²) >= 11 is 1.82. The average molecular weight is 542 g/mol. The van der Waals surface area contributed by atoms with Crippen LogP contribution in [0, 0.1) is 0 Å². The van der Waals surface area contributed by atoms with Crippen LogP contribution in [0.15, 0.2) is 16.4 Å². The van der Waals surface area contributed by atoms with Crippen molar-refractivity contribution in [3.05, 3.63) is 11.3 Å². The number of nitrogens with zero attached hydrogens (tertiary/aromatic N) is 5. The van der Waals surface area contributed by atoms with Gasteiger partial charge in [0.05, 0.1) is 5.75 Å². The quantitative estimate of drug-likeness (QED) is 0.255. The van der Waals surface area contributed by atoms with Gasteiger partial charge in [0.1, 0.15) is 17.1 Å². The summed E-state index contributed by atoms with van der Waals surface area (Å²) < 4.78 is 38.3. The first-order chi connectivity index (χ1) is 16.0. The van der Waals surface area contributed by atoms with Gasteiger partial charge >= 0.3 is 11.5 Å². The average Bonchev–Trinajstić information content (AvgIpc) is 3.20. The SMILES string of the molecule is NC(=O)CCCn1nnnc1SCC1=C(C(=O)O)N2C(=O)C(NC(=O)CSC(F)(F)F)[C@H]2SC1. The molecular formula is C16H18F3N7O5S3. The molecule has 1 aromatic heterocycles. The minimum Gasteiger partial charge on any atom is -0.477 e. The number of tetrazole rings is 1. The molecule has 0 bridgehead atoms. The first-order valence-corrected chi connectivity index (χ1v) is 12.6. The lowest BCUT2D eigenvalue weighted by Crippen LogP contribution is -2.70. The Morgan fingerprint density at radius 1 is 1.32 bits per heavy atom. The largest absolute Gasteiger partial charge is 0.477 e. The number of hydrogen-bond donors (Lipinski definition) is 3. The maximum atomic E-state index is 12.5. The zero-order chi connectivity index (χ0) is 25.0. The fraction of sp³-hybridized carbons (Fsp3) is 0.562. The van der Waals surface area contributed by atoms with Crippen LogP contribution in [-0.4, -0.2) is 88.1 Å². The normalized spacial score (nSPS) is 20.1. The molecule has 1 fully saturated rings. The van der Waals surface area contributed by atoms with E-state index in [9.17, 15) is 37.5 Å². The second kappa shape index (κ2) is 10.9. The van der Waals surface area contributed by atoms with Gasteiger partial charge in [-0.1, -0.05) is 11.8 Å². The number of aromatic nitrogens is 4. The number of alkyl halides is 3. The van der Waals surface area contributed by atoms with Gasteiger partial charge in [-0.2, -0.15) is 13.2 Å². The molecule has 34 heavy (non-hydrogen) atoms. The predicted octanol–water partition coefficient (Wildman–Crippen LogP) is 0.0223. The monoisotopic (exact) mass is 541 g/mol. The molecule has 1 saturated heterocycles. The Bertz CT molecular complexity index is 1020. The second-order valence-electron chi connectivity index (χ2n) is 6.99. The molecule has 0 aromatic carbocycles. The summed E-state index contributed by atoms with van der Waals surface area (Å²) in [5, 5.41) is 22.9. The Hall–Kier alpha value is -2.47. The van der Waals surface area contributed by atoms with E-state index in [0.29, 0.717) is 23.7 Å². The highest BCUT2D eigenvalue weighted by Gasteiger charge is 2.54. The molecule has 12 nitrogen and oxygen atoms in total. The van der Waals surface area contributed by atoms with Crippen LogP contribution in [0.4, 0.5) is 13.2 Å². The fourth-order valence-corrected chi connectivity index (χ4v) is 5.92. The highest BCUT2D eigenvalue weighted by Crippen LogP contribution is 2.41. The van der Waals surface area contributed by atoms with Crippen molar-refractivity contribution >= 4 is 59.0 Å². The van der Waals surface area contributed by atoms with E-state index in [1.54, 1.807) is 0 Å². The molecule has 18 heteroatoms. The zero-order valence-corrected chi connectivity index (χ0v) is 19.6. The number of aliphatic carboxylic acids is 1. The second-order valence-corrected chi connectivity index (χ2v) is 10.1. The number of hydrogen-bond acceptors (Lipinski definition) is 10. The molecule has 186 valence electrons.